The van der Waals surface area contributed by atoms with Gasteiger partial charge in [-0.3, -0.25) is 0 Å². The molecule has 1 heterocycles. The highest BCUT2D eigenvalue weighted by molar-refractivity contribution is 5.26. The first-order chi connectivity index (χ1) is 16.7. The molecular formula is C25H33N3O6. The van der Waals surface area contributed by atoms with E-state index in [1.54, 1.807) is 14.2 Å². The standard InChI is InChI=1S/C25H33N3O6/c1-4-31-24-22(27-28-26)25(32-15-14-18-8-6-5-7-9-18)34-21(17-29-2)23(24)33-16-19-10-12-20(30-3)13-11-19/h5-13,21-25H,4,14-17H2,1-3H3. The van der Waals surface area contributed by atoms with Crippen LogP contribution in [0.5, 0.6) is 5.75 Å². The molecule has 9 heteroatoms. The van der Waals surface area contributed by atoms with E-state index in [9.17, 15) is 5.53 Å². The monoisotopic (exact) mass is 471 g/mol. The minimum absolute atomic E-state index is 0.276. The largest absolute Gasteiger partial charge is 0.497 e. The Morgan fingerprint density at radius 1 is 0.941 bits per heavy atom. The molecule has 0 aromatic heterocycles. The topological polar surface area (TPSA) is 104 Å². The van der Waals surface area contributed by atoms with Crippen molar-refractivity contribution in [2.45, 2.75) is 50.6 Å². The van der Waals surface area contributed by atoms with E-state index in [1.165, 1.54) is 0 Å². The molecule has 0 spiro atoms. The van der Waals surface area contributed by atoms with Gasteiger partial charge in [0.05, 0.1) is 33.0 Å². The molecule has 1 saturated heterocycles. The smallest absolute Gasteiger partial charge is 0.169 e. The molecule has 0 radical (unpaired) electrons. The lowest BCUT2D eigenvalue weighted by atomic mass is 9.96. The maximum absolute atomic E-state index is 9.25. The van der Waals surface area contributed by atoms with E-state index in [4.69, 9.17) is 28.4 Å². The third-order valence-corrected chi connectivity index (χ3v) is 5.61. The van der Waals surface area contributed by atoms with Crippen molar-refractivity contribution in [1.82, 2.24) is 0 Å². The summed E-state index contributed by atoms with van der Waals surface area (Å²) < 4.78 is 35.2. The fourth-order valence-corrected chi connectivity index (χ4v) is 3.95. The summed E-state index contributed by atoms with van der Waals surface area (Å²) >= 11 is 0. The van der Waals surface area contributed by atoms with Crippen LogP contribution in [0.1, 0.15) is 18.1 Å². The van der Waals surface area contributed by atoms with Gasteiger partial charge in [-0.1, -0.05) is 47.6 Å². The molecule has 2 aromatic carbocycles. The van der Waals surface area contributed by atoms with E-state index < -0.39 is 30.6 Å². The third-order valence-electron chi connectivity index (χ3n) is 5.61. The number of rotatable bonds is 13. The highest BCUT2D eigenvalue weighted by Crippen LogP contribution is 2.30. The molecular weight excluding hydrogens is 438 g/mol. The highest BCUT2D eigenvalue weighted by Gasteiger charge is 2.47. The second kappa shape index (κ2) is 13.9. The molecule has 0 N–H and O–H groups in total. The van der Waals surface area contributed by atoms with Gasteiger partial charge >= 0.3 is 0 Å². The van der Waals surface area contributed by atoms with Gasteiger partial charge in [0.15, 0.2) is 6.29 Å². The molecule has 0 amide bonds. The molecule has 1 aliphatic rings. The summed E-state index contributed by atoms with van der Waals surface area (Å²) in [5.41, 5.74) is 11.4. The lowest BCUT2D eigenvalue weighted by Gasteiger charge is -2.44. The van der Waals surface area contributed by atoms with Crippen molar-refractivity contribution >= 4 is 0 Å². The Morgan fingerprint density at radius 2 is 1.71 bits per heavy atom. The Balaban J connectivity index is 1.74. The lowest BCUT2D eigenvalue weighted by molar-refractivity contribution is -0.282. The van der Waals surface area contributed by atoms with E-state index in [-0.39, 0.29) is 6.61 Å². The van der Waals surface area contributed by atoms with E-state index in [2.05, 4.69) is 10.0 Å². The Morgan fingerprint density at radius 3 is 2.35 bits per heavy atom. The number of methoxy groups -OCH3 is 2. The minimum atomic E-state index is -0.780. The minimum Gasteiger partial charge on any atom is -0.497 e. The van der Waals surface area contributed by atoms with Crippen LogP contribution in [0.3, 0.4) is 0 Å². The summed E-state index contributed by atoms with van der Waals surface area (Å²) in [6.45, 7) is 3.31. The van der Waals surface area contributed by atoms with Crippen molar-refractivity contribution in [3.63, 3.8) is 0 Å². The zero-order valence-corrected chi connectivity index (χ0v) is 19.9. The third kappa shape index (κ3) is 7.17. The average molecular weight is 472 g/mol. The predicted octanol–water partition coefficient (Wildman–Crippen LogP) is 4.30. The van der Waals surface area contributed by atoms with Crippen molar-refractivity contribution in [3.8, 4) is 5.75 Å². The molecule has 2 aromatic rings. The summed E-state index contributed by atoms with van der Waals surface area (Å²) in [7, 11) is 3.23. The van der Waals surface area contributed by atoms with Crippen LogP contribution in [0.2, 0.25) is 0 Å². The summed E-state index contributed by atoms with van der Waals surface area (Å²) in [5, 5.41) is 3.98. The maximum Gasteiger partial charge on any atom is 0.169 e. The normalized spacial score (nSPS) is 24.4. The Kier molecular flexibility index (Phi) is 10.6. The number of hydrogen-bond donors (Lipinski definition) is 0. The first kappa shape index (κ1) is 26.0. The zero-order chi connectivity index (χ0) is 24.2. The number of nitrogens with zero attached hydrogens (tertiary/aromatic N) is 3. The van der Waals surface area contributed by atoms with E-state index >= 15 is 0 Å². The number of benzene rings is 2. The van der Waals surface area contributed by atoms with Crippen molar-refractivity contribution in [2.24, 2.45) is 5.11 Å². The van der Waals surface area contributed by atoms with Crippen LogP contribution in [0.4, 0.5) is 0 Å². The van der Waals surface area contributed by atoms with Crippen LogP contribution < -0.4 is 4.74 Å². The van der Waals surface area contributed by atoms with Crippen molar-refractivity contribution in [2.75, 3.05) is 34.0 Å². The number of hydrogen-bond acceptors (Lipinski definition) is 7. The fourth-order valence-electron chi connectivity index (χ4n) is 3.95. The Labute approximate surface area is 200 Å². The Bertz CT molecular complexity index is 891. The maximum atomic E-state index is 9.25. The molecule has 184 valence electrons. The van der Waals surface area contributed by atoms with Crippen molar-refractivity contribution in [1.29, 1.82) is 0 Å². The van der Waals surface area contributed by atoms with Crippen LogP contribution in [0, 0.1) is 0 Å². The quantitative estimate of drug-likeness (QED) is 0.245. The molecule has 1 fully saturated rings. The van der Waals surface area contributed by atoms with Gasteiger partial charge in [0.25, 0.3) is 0 Å². The van der Waals surface area contributed by atoms with Crippen molar-refractivity contribution < 1.29 is 28.4 Å². The van der Waals surface area contributed by atoms with Gasteiger partial charge in [0.1, 0.15) is 24.0 Å². The molecule has 0 bridgehead atoms. The summed E-state index contributed by atoms with van der Waals surface area (Å²) in [6.07, 6.45) is -1.62. The molecule has 1 aliphatic heterocycles. The second-order valence-corrected chi connectivity index (χ2v) is 7.84. The summed E-state index contributed by atoms with van der Waals surface area (Å²) in [5.74, 6) is 0.771. The predicted molar refractivity (Wildman–Crippen MR) is 127 cm³/mol. The first-order valence-electron chi connectivity index (χ1n) is 11.4. The van der Waals surface area contributed by atoms with Crippen LogP contribution >= 0.6 is 0 Å². The highest BCUT2D eigenvalue weighted by atomic mass is 16.7. The summed E-state index contributed by atoms with van der Waals surface area (Å²) in [6, 6.07) is 16.9. The molecule has 34 heavy (non-hydrogen) atoms. The second-order valence-electron chi connectivity index (χ2n) is 7.84. The number of azide groups is 1. The lowest BCUT2D eigenvalue weighted by Crippen LogP contribution is -2.60. The van der Waals surface area contributed by atoms with Crippen LogP contribution in [-0.4, -0.2) is 64.7 Å². The van der Waals surface area contributed by atoms with E-state index in [0.717, 1.165) is 16.9 Å². The van der Waals surface area contributed by atoms with Crippen LogP contribution in [0.15, 0.2) is 59.7 Å². The van der Waals surface area contributed by atoms with Gasteiger partial charge in [0.2, 0.25) is 0 Å². The van der Waals surface area contributed by atoms with Crippen LogP contribution in [0.25, 0.3) is 10.4 Å². The molecule has 3 rings (SSSR count). The van der Waals surface area contributed by atoms with Gasteiger partial charge in [-0.2, -0.15) is 0 Å². The van der Waals surface area contributed by atoms with Gasteiger partial charge < -0.3 is 28.4 Å². The molecule has 9 nitrogen and oxygen atoms in total. The van der Waals surface area contributed by atoms with Crippen LogP contribution in [-0.2, 0) is 36.7 Å². The molecule has 5 unspecified atom stereocenters. The van der Waals surface area contributed by atoms with E-state index in [0.29, 0.717) is 26.2 Å². The van der Waals surface area contributed by atoms with Crippen molar-refractivity contribution in [3.05, 3.63) is 76.2 Å². The molecule has 0 aliphatic carbocycles. The molecule has 5 atom stereocenters. The molecule has 0 saturated carbocycles. The van der Waals surface area contributed by atoms with Gasteiger partial charge in [-0.25, -0.2) is 0 Å². The number of ether oxygens (including phenoxy) is 6. The van der Waals surface area contributed by atoms with E-state index in [1.807, 2.05) is 61.5 Å². The van der Waals surface area contributed by atoms with Gasteiger partial charge in [0, 0.05) is 18.6 Å². The first-order valence-corrected chi connectivity index (χ1v) is 11.4. The van der Waals surface area contributed by atoms with Gasteiger partial charge in [-0.15, -0.1) is 0 Å². The summed E-state index contributed by atoms with van der Waals surface area (Å²) in [4.78, 5) is 3.04. The SMILES string of the molecule is CCOC1C(N=[N+]=[N-])C(OCCc2ccccc2)OC(COC)C1OCc1ccc(OC)cc1. The Hall–Kier alpha value is -2.65. The van der Waals surface area contributed by atoms with Gasteiger partial charge in [-0.05, 0) is 42.1 Å². The average Bonchev–Trinajstić information content (AvgIpc) is 2.87. The fraction of sp³-hybridized carbons (Fsp3) is 0.520. The zero-order valence-electron chi connectivity index (χ0n) is 19.9.